The van der Waals surface area contributed by atoms with Gasteiger partial charge < -0.3 is 20.1 Å². The van der Waals surface area contributed by atoms with Crippen LogP contribution in [0.25, 0.3) is 11.3 Å². The Balaban J connectivity index is 1.32. The number of pyridine rings is 1. The summed E-state index contributed by atoms with van der Waals surface area (Å²) in [5, 5.41) is 13.3. The number of rotatable bonds is 8. The highest BCUT2D eigenvalue weighted by molar-refractivity contribution is 5.73. The lowest BCUT2D eigenvalue weighted by atomic mass is 9.83. The first-order chi connectivity index (χ1) is 19.8. The first-order valence-electron chi connectivity index (χ1n) is 14.8. The number of fused-ring (bicyclic) bond motifs is 1. The summed E-state index contributed by atoms with van der Waals surface area (Å²) in [4.78, 5) is 17.5. The fraction of sp³-hybridized carbons (Fsp3) is 0.531. The zero-order chi connectivity index (χ0) is 30.2. The number of anilines is 3. The Morgan fingerprint density at radius 1 is 1.12 bits per heavy atom. The Hall–Kier alpha value is -3.37. The van der Waals surface area contributed by atoms with Crippen molar-refractivity contribution in [3.8, 4) is 17.0 Å². The molecule has 0 saturated carbocycles. The predicted octanol–water partition coefficient (Wildman–Crippen LogP) is 6.32. The molecule has 0 bridgehead atoms. The quantitative estimate of drug-likeness (QED) is 0.320. The number of hydrogen-bond donors (Lipinski definition) is 2. The van der Waals surface area contributed by atoms with Crippen LogP contribution in [0.2, 0.25) is 0 Å². The maximum absolute atomic E-state index is 15.4. The third kappa shape index (κ3) is 6.65. The number of ether oxygens (including phenoxy) is 1. The fourth-order valence-corrected chi connectivity index (χ4v) is 5.84. The van der Waals surface area contributed by atoms with E-state index in [1.54, 1.807) is 12.3 Å². The van der Waals surface area contributed by atoms with Gasteiger partial charge in [0, 0.05) is 24.3 Å². The summed E-state index contributed by atoms with van der Waals surface area (Å²) in [6.45, 7) is 15.0. The molecule has 1 unspecified atom stereocenters. The molecule has 0 amide bonds. The number of nitrogens with one attached hydrogen (secondary N) is 1. The summed E-state index contributed by atoms with van der Waals surface area (Å²) in [6, 6.07) is 6.98. The van der Waals surface area contributed by atoms with Crippen molar-refractivity contribution in [2.75, 3.05) is 29.9 Å². The molecular formula is C32H42F2N6O2. The van der Waals surface area contributed by atoms with Crippen molar-refractivity contribution in [1.82, 2.24) is 19.9 Å². The van der Waals surface area contributed by atoms with Crippen molar-refractivity contribution < 1.29 is 18.6 Å². The van der Waals surface area contributed by atoms with Gasteiger partial charge in [0.25, 0.3) is 0 Å². The van der Waals surface area contributed by atoms with Crippen molar-refractivity contribution >= 4 is 17.5 Å². The van der Waals surface area contributed by atoms with Crippen LogP contribution in [0.5, 0.6) is 5.75 Å². The van der Waals surface area contributed by atoms with Gasteiger partial charge >= 0.3 is 0 Å². The molecule has 0 aliphatic carbocycles. The van der Waals surface area contributed by atoms with Gasteiger partial charge in [-0.05, 0) is 96.7 Å². The second kappa shape index (κ2) is 11.7. The van der Waals surface area contributed by atoms with E-state index in [1.165, 1.54) is 6.07 Å². The number of likely N-dealkylation sites (tertiary alicyclic amines) is 1. The number of aromatic nitrogens is 3. The summed E-state index contributed by atoms with van der Waals surface area (Å²) in [5.41, 5.74) is 0.761. The van der Waals surface area contributed by atoms with E-state index in [9.17, 15) is 5.11 Å². The fourth-order valence-electron chi connectivity index (χ4n) is 5.84. The molecule has 226 valence electrons. The topological polar surface area (TPSA) is 86.6 Å². The van der Waals surface area contributed by atoms with Crippen LogP contribution in [0, 0.1) is 17.6 Å². The molecule has 42 heavy (non-hydrogen) atoms. The van der Waals surface area contributed by atoms with E-state index >= 15 is 8.78 Å². The SMILES string of the molecule is CCC(C)N1CC(C)(C)Oc2c(F)cc(-c3nc(Nc4ccc(CN5CCC(C(C)(C)O)CC5)cn4)ncc3F)cc21. The van der Waals surface area contributed by atoms with E-state index in [2.05, 4.69) is 43.9 Å². The smallest absolute Gasteiger partial charge is 0.229 e. The summed E-state index contributed by atoms with van der Waals surface area (Å²) in [7, 11) is 0. The molecular weight excluding hydrogens is 538 g/mol. The van der Waals surface area contributed by atoms with E-state index < -0.39 is 22.8 Å². The van der Waals surface area contributed by atoms with Crippen LogP contribution >= 0.6 is 0 Å². The second-order valence-electron chi connectivity index (χ2n) is 12.8. The zero-order valence-corrected chi connectivity index (χ0v) is 25.4. The van der Waals surface area contributed by atoms with Gasteiger partial charge in [0.2, 0.25) is 5.95 Å². The van der Waals surface area contributed by atoms with E-state index in [0.29, 0.717) is 29.5 Å². The lowest BCUT2D eigenvalue weighted by Gasteiger charge is -2.44. The van der Waals surface area contributed by atoms with E-state index in [1.807, 2.05) is 39.8 Å². The molecule has 1 fully saturated rings. The minimum Gasteiger partial charge on any atom is -0.481 e. The molecule has 1 aromatic carbocycles. The summed E-state index contributed by atoms with van der Waals surface area (Å²) in [5.74, 6) is -0.0339. The van der Waals surface area contributed by atoms with Crippen molar-refractivity contribution in [2.45, 2.75) is 84.6 Å². The zero-order valence-electron chi connectivity index (χ0n) is 25.4. The monoisotopic (exact) mass is 580 g/mol. The highest BCUT2D eigenvalue weighted by Gasteiger charge is 2.36. The number of aliphatic hydroxyl groups is 1. The van der Waals surface area contributed by atoms with E-state index in [-0.39, 0.29) is 23.4 Å². The highest BCUT2D eigenvalue weighted by Crippen LogP contribution is 2.43. The van der Waals surface area contributed by atoms with Crippen LogP contribution in [-0.2, 0) is 6.54 Å². The summed E-state index contributed by atoms with van der Waals surface area (Å²) < 4.78 is 36.4. The van der Waals surface area contributed by atoms with Gasteiger partial charge in [-0.1, -0.05) is 13.0 Å². The van der Waals surface area contributed by atoms with Gasteiger partial charge in [-0.15, -0.1) is 0 Å². The summed E-state index contributed by atoms with van der Waals surface area (Å²) in [6.07, 6.45) is 5.69. The maximum atomic E-state index is 15.4. The largest absolute Gasteiger partial charge is 0.481 e. The van der Waals surface area contributed by atoms with Crippen LogP contribution in [0.4, 0.5) is 26.2 Å². The van der Waals surface area contributed by atoms with E-state index in [4.69, 9.17) is 4.74 Å². The average molecular weight is 581 g/mol. The molecule has 2 aliphatic rings. The van der Waals surface area contributed by atoms with Crippen molar-refractivity contribution in [3.05, 3.63) is 53.9 Å². The normalized spacial score (nSPS) is 18.4. The van der Waals surface area contributed by atoms with E-state index in [0.717, 1.165) is 50.7 Å². The maximum Gasteiger partial charge on any atom is 0.229 e. The van der Waals surface area contributed by atoms with Crippen LogP contribution in [0.1, 0.15) is 66.4 Å². The molecule has 0 radical (unpaired) electrons. The molecule has 1 saturated heterocycles. The molecule has 5 rings (SSSR count). The third-order valence-corrected chi connectivity index (χ3v) is 8.46. The van der Waals surface area contributed by atoms with Crippen molar-refractivity contribution in [1.29, 1.82) is 0 Å². The molecule has 1 atom stereocenters. The van der Waals surface area contributed by atoms with Crippen LogP contribution in [0.15, 0.2) is 36.7 Å². The Morgan fingerprint density at radius 3 is 2.50 bits per heavy atom. The molecule has 2 N–H and O–H groups in total. The van der Waals surface area contributed by atoms with Gasteiger partial charge in [0.15, 0.2) is 17.4 Å². The molecule has 10 heteroatoms. The van der Waals surface area contributed by atoms with Gasteiger partial charge in [-0.3, -0.25) is 4.90 Å². The number of nitrogens with zero attached hydrogens (tertiary/aromatic N) is 5. The number of hydrogen-bond acceptors (Lipinski definition) is 8. The second-order valence-corrected chi connectivity index (χ2v) is 12.8. The number of benzene rings is 1. The molecule has 8 nitrogen and oxygen atoms in total. The number of halogens is 2. The Kier molecular flexibility index (Phi) is 8.40. The average Bonchev–Trinajstić information content (AvgIpc) is 2.94. The standard InChI is InChI=1S/C32H42F2N6O2/c1-7-20(2)40-19-31(3,4)42-29-24(33)14-22(15-26(29)40)28-25(34)17-36-30(38-28)37-27-9-8-21(16-35-27)18-39-12-10-23(11-13-39)32(5,6)41/h8-9,14-17,20,23,41H,7,10-13,18-19H2,1-6H3,(H,35,36,37,38). The lowest BCUT2D eigenvalue weighted by molar-refractivity contribution is -0.0136. The van der Waals surface area contributed by atoms with Gasteiger partial charge in [-0.2, -0.15) is 0 Å². The molecule has 4 heterocycles. The van der Waals surface area contributed by atoms with Crippen LogP contribution < -0.4 is 15.0 Å². The highest BCUT2D eigenvalue weighted by atomic mass is 19.1. The first-order valence-corrected chi connectivity index (χ1v) is 14.8. The first kappa shape index (κ1) is 30.1. The molecule has 0 spiro atoms. The molecule has 3 aromatic rings. The minimum atomic E-state index is -0.649. The van der Waals surface area contributed by atoms with Gasteiger partial charge in [0.1, 0.15) is 17.1 Å². The van der Waals surface area contributed by atoms with Crippen molar-refractivity contribution in [2.24, 2.45) is 5.92 Å². The predicted molar refractivity (Wildman–Crippen MR) is 161 cm³/mol. The Bertz CT molecular complexity index is 1400. The molecule has 2 aliphatic heterocycles. The minimum absolute atomic E-state index is 0.00536. The van der Waals surface area contributed by atoms with Crippen LogP contribution in [0.3, 0.4) is 0 Å². The third-order valence-electron chi connectivity index (χ3n) is 8.46. The number of piperidine rings is 1. The lowest BCUT2D eigenvalue weighted by Crippen LogP contribution is -2.50. The van der Waals surface area contributed by atoms with Gasteiger partial charge in [-0.25, -0.2) is 23.7 Å². The van der Waals surface area contributed by atoms with Gasteiger partial charge in [0.05, 0.1) is 24.0 Å². The molecule has 2 aromatic heterocycles. The van der Waals surface area contributed by atoms with Crippen molar-refractivity contribution in [3.63, 3.8) is 0 Å². The Labute approximate surface area is 247 Å². The summed E-state index contributed by atoms with van der Waals surface area (Å²) >= 11 is 0. The van der Waals surface area contributed by atoms with Crippen LogP contribution in [-0.4, -0.2) is 61.8 Å². The Morgan fingerprint density at radius 2 is 1.86 bits per heavy atom.